The Morgan fingerprint density at radius 3 is 2.43 bits per heavy atom. The normalized spacial score (nSPS) is 27.4. The minimum atomic E-state index is -0.743. The maximum atomic E-state index is 9.17. The van der Waals surface area contributed by atoms with Gasteiger partial charge in [-0.1, -0.05) is 6.92 Å². The first kappa shape index (κ1) is 11.5. The minimum absolute atomic E-state index is 0.151. The van der Waals surface area contributed by atoms with Crippen LogP contribution < -0.4 is 0 Å². The van der Waals surface area contributed by atoms with E-state index in [1.54, 1.807) is 6.92 Å². The number of aliphatic imine (C=N–C) groups is 1. The van der Waals surface area contributed by atoms with Crippen molar-refractivity contribution >= 4 is 5.90 Å². The third-order valence-electron chi connectivity index (χ3n) is 2.86. The molecule has 4 heteroatoms. The van der Waals surface area contributed by atoms with Crippen molar-refractivity contribution in [2.75, 3.05) is 19.8 Å². The molecule has 4 nitrogen and oxygen atoms in total. The van der Waals surface area contributed by atoms with Crippen molar-refractivity contribution in [3.05, 3.63) is 0 Å². The number of aliphatic hydroxyl groups is 2. The van der Waals surface area contributed by atoms with Gasteiger partial charge in [0.2, 0.25) is 0 Å². The Balaban J connectivity index is 2.74. The van der Waals surface area contributed by atoms with E-state index in [0.29, 0.717) is 12.4 Å². The second-order valence-electron chi connectivity index (χ2n) is 4.40. The lowest BCUT2D eigenvalue weighted by Gasteiger charge is -2.28. The molecule has 0 amide bonds. The van der Waals surface area contributed by atoms with Crippen molar-refractivity contribution in [2.45, 2.75) is 32.8 Å². The van der Waals surface area contributed by atoms with Gasteiger partial charge in [0.15, 0.2) is 5.90 Å². The molecule has 1 heterocycles. The zero-order valence-electron chi connectivity index (χ0n) is 9.08. The Labute approximate surface area is 84.6 Å². The van der Waals surface area contributed by atoms with Gasteiger partial charge >= 0.3 is 0 Å². The van der Waals surface area contributed by atoms with Gasteiger partial charge in [0.1, 0.15) is 5.60 Å². The average Bonchev–Trinajstić information content (AvgIpc) is 2.61. The van der Waals surface area contributed by atoms with Crippen LogP contribution in [-0.4, -0.2) is 41.5 Å². The molecule has 1 aliphatic rings. The molecule has 0 aromatic heterocycles. The SMILES string of the molecule is CCC1(C)CN=C(C(C)(CO)CO)O1. The summed E-state index contributed by atoms with van der Waals surface area (Å²) in [6, 6.07) is 0. The van der Waals surface area contributed by atoms with Gasteiger partial charge < -0.3 is 14.9 Å². The van der Waals surface area contributed by atoms with E-state index >= 15 is 0 Å². The van der Waals surface area contributed by atoms with Crippen LogP contribution in [0.1, 0.15) is 27.2 Å². The molecule has 0 bridgehead atoms. The molecular formula is C10H19NO3. The molecule has 0 radical (unpaired) electrons. The summed E-state index contributed by atoms with van der Waals surface area (Å²) in [5.74, 6) is 0.479. The summed E-state index contributed by atoms with van der Waals surface area (Å²) in [5.41, 5.74) is -1.01. The van der Waals surface area contributed by atoms with Crippen LogP contribution in [0, 0.1) is 5.41 Å². The van der Waals surface area contributed by atoms with Gasteiger partial charge in [-0.05, 0) is 20.3 Å². The molecule has 1 unspecified atom stereocenters. The van der Waals surface area contributed by atoms with Gasteiger partial charge in [0.05, 0.1) is 25.2 Å². The van der Waals surface area contributed by atoms with Crippen LogP contribution in [0.3, 0.4) is 0 Å². The molecular weight excluding hydrogens is 182 g/mol. The number of ether oxygens (including phenoxy) is 1. The number of aliphatic hydroxyl groups excluding tert-OH is 2. The highest BCUT2D eigenvalue weighted by atomic mass is 16.5. The first-order valence-corrected chi connectivity index (χ1v) is 4.95. The summed E-state index contributed by atoms with van der Waals surface area (Å²) >= 11 is 0. The fourth-order valence-electron chi connectivity index (χ4n) is 1.22. The van der Waals surface area contributed by atoms with Gasteiger partial charge in [-0.2, -0.15) is 0 Å². The van der Waals surface area contributed by atoms with E-state index in [-0.39, 0.29) is 18.8 Å². The lowest BCUT2D eigenvalue weighted by molar-refractivity contribution is 0.0549. The second-order valence-corrected chi connectivity index (χ2v) is 4.40. The van der Waals surface area contributed by atoms with Crippen LogP contribution in [-0.2, 0) is 4.74 Å². The van der Waals surface area contributed by atoms with Crippen LogP contribution in [0.25, 0.3) is 0 Å². The zero-order chi connectivity index (χ0) is 10.8. The molecule has 0 spiro atoms. The molecule has 0 aromatic carbocycles. The first-order chi connectivity index (χ1) is 6.49. The summed E-state index contributed by atoms with van der Waals surface area (Å²) in [4.78, 5) is 4.25. The summed E-state index contributed by atoms with van der Waals surface area (Å²) in [7, 11) is 0. The number of rotatable bonds is 4. The van der Waals surface area contributed by atoms with Crippen LogP contribution in [0.15, 0.2) is 4.99 Å². The monoisotopic (exact) mass is 201 g/mol. The largest absolute Gasteiger partial charge is 0.472 e. The zero-order valence-corrected chi connectivity index (χ0v) is 9.08. The van der Waals surface area contributed by atoms with E-state index < -0.39 is 5.41 Å². The lowest BCUT2D eigenvalue weighted by Crippen LogP contribution is -2.39. The third-order valence-corrected chi connectivity index (χ3v) is 2.86. The lowest BCUT2D eigenvalue weighted by atomic mass is 9.93. The highest BCUT2D eigenvalue weighted by molar-refractivity contribution is 5.84. The molecule has 1 rings (SSSR count). The quantitative estimate of drug-likeness (QED) is 0.699. The van der Waals surface area contributed by atoms with E-state index in [2.05, 4.69) is 4.99 Å². The molecule has 0 aliphatic carbocycles. The Hall–Kier alpha value is -0.610. The van der Waals surface area contributed by atoms with E-state index in [1.807, 2.05) is 13.8 Å². The predicted octanol–water partition coefficient (Wildman–Crippen LogP) is 0.575. The smallest absolute Gasteiger partial charge is 0.194 e. The molecule has 1 atom stereocenters. The van der Waals surface area contributed by atoms with Crippen molar-refractivity contribution in [3.8, 4) is 0 Å². The van der Waals surface area contributed by atoms with Crippen LogP contribution >= 0.6 is 0 Å². The Bertz CT molecular complexity index is 236. The standard InChI is InChI=1S/C10H19NO3/c1-4-10(3)5-11-8(14-10)9(2,6-12)7-13/h12-13H,4-7H2,1-3H3. The molecule has 0 aromatic rings. The van der Waals surface area contributed by atoms with Gasteiger partial charge in [-0.25, -0.2) is 0 Å². The van der Waals surface area contributed by atoms with E-state index in [0.717, 1.165) is 6.42 Å². The summed E-state index contributed by atoms with van der Waals surface area (Å²) in [6.07, 6.45) is 0.868. The first-order valence-electron chi connectivity index (χ1n) is 4.95. The Kier molecular flexibility index (Phi) is 3.17. The van der Waals surface area contributed by atoms with Gasteiger partial charge in [-0.15, -0.1) is 0 Å². The summed E-state index contributed by atoms with van der Waals surface area (Å²) < 4.78 is 5.68. The Morgan fingerprint density at radius 1 is 1.50 bits per heavy atom. The summed E-state index contributed by atoms with van der Waals surface area (Å²) in [6.45, 7) is 6.07. The van der Waals surface area contributed by atoms with Crippen molar-refractivity contribution in [3.63, 3.8) is 0 Å². The van der Waals surface area contributed by atoms with Crippen LogP contribution in [0.2, 0.25) is 0 Å². The van der Waals surface area contributed by atoms with Gasteiger partial charge in [0.25, 0.3) is 0 Å². The van der Waals surface area contributed by atoms with Crippen molar-refractivity contribution in [2.24, 2.45) is 10.4 Å². The number of hydrogen-bond donors (Lipinski definition) is 2. The van der Waals surface area contributed by atoms with Crippen LogP contribution in [0.5, 0.6) is 0 Å². The molecule has 0 saturated carbocycles. The predicted molar refractivity (Wildman–Crippen MR) is 54.4 cm³/mol. The molecule has 14 heavy (non-hydrogen) atoms. The number of nitrogens with zero attached hydrogens (tertiary/aromatic N) is 1. The van der Waals surface area contributed by atoms with Gasteiger partial charge in [-0.3, -0.25) is 4.99 Å². The fourth-order valence-corrected chi connectivity index (χ4v) is 1.22. The maximum absolute atomic E-state index is 9.17. The molecule has 82 valence electrons. The molecule has 0 saturated heterocycles. The fraction of sp³-hybridized carbons (Fsp3) is 0.900. The van der Waals surface area contributed by atoms with E-state index in [4.69, 9.17) is 14.9 Å². The molecule has 0 fully saturated rings. The summed E-state index contributed by atoms with van der Waals surface area (Å²) in [5, 5.41) is 18.3. The maximum Gasteiger partial charge on any atom is 0.194 e. The van der Waals surface area contributed by atoms with Crippen molar-refractivity contribution < 1.29 is 14.9 Å². The van der Waals surface area contributed by atoms with E-state index in [1.165, 1.54) is 0 Å². The highest BCUT2D eigenvalue weighted by Crippen LogP contribution is 2.29. The van der Waals surface area contributed by atoms with Crippen molar-refractivity contribution in [1.29, 1.82) is 0 Å². The topological polar surface area (TPSA) is 62.1 Å². The van der Waals surface area contributed by atoms with E-state index in [9.17, 15) is 0 Å². The molecule has 2 N–H and O–H groups in total. The minimum Gasteiger partial charge on any atom is -0.472 e. The Morgan fingerprint density at radius 2 is 2.07 bits per heavy atom. The van der Waals surface area contributed by atoms with Crippen molar-refractivity contribution in [1.82, 2.24) is 0 Å². The number of hydrogen-bond acceptors (Lipinski definition) is 4. The highest BCUT2D eigenvalue weighted by Gasteiger charge is 2.40. The van der Waals surface area contributed by atoms with Gasteiger partial charge in [0, 0.05) is 0 Å². The molecule has 1 aliphatic heterocycles. The second kappa shape index (κ2) is 3.87. The third kappa shape index (κ3) is 1.91. The van der Waals surface area contributed by atoms with Crippen LogP contribution in [0.4, 0.5) is 0 Å². The average molecular weight is 201 g/mol.